The molecule has 1 unspecified atom stereocenters. The van der Waals surface area contributed by atoms with Crippen molar-refractivity contribution < 1.29 is 13.2 Å². The van der Waals surface area contributed by atoms with Gasteiger partial charge in [-0.25, -0.2) is 8.42 Å². The molecule has 0 heterocycles. The number of sulfone groups is 1. The number of nitrogens with two attached hydrogens (primary N) is 1. The van der Waals surface area contributed by atoms with Crippen LogP contribution in [0.15, 0.2) is 24.3 Å². The molecule has 0 radical (unpaired) electrons. The minimum absolute atomic E-state index is 0.0635. The van der Waals surface area contributed by atoms with Crippen molar-refractivity contribution in [2.45, 2.75) is 26.3 Å². The van der Waals surface area contributed by atoms with Gasteiger partial charge in [-0.2, -0.15) is 0 Å². The maximum absolute atomic E-state index is 11.7. The Morgan fingerprint density at radius 1 is 1.32 bits per heavy atom. The lowest BCUT2D eigenvalue weighted by molar-refractivity contribution is -0.113. The molecule has 0 aliphatic rings. The van der Waals surface area contributed by atoms with Crippen molar-refractivity contribution in [3.05, 3.63) is 29.8 Å². The van der Waals surface area contributed by atoms with Crippen molar-refractivity contribution in [3.8, 4) is 0 Å². The predicted molar refractivity (Wildman–Crippen MR) is 76.7 cm³/mol. The Hall–Kier alpha value is -1.40. The summed E-state index contributed by atoms with van der Waals surface area (Å²) in [7, 11) is -3.40. The molecular weight excluding hydrogens is 264 g/mol. The normalized spacial score (nSPS) is 13.0. The van der Waals surface area contributed by atoms with Crippen LogP contribution in [0.5, 0.6) is 0 Å². The molecular formula is C13H20N2O3S. The van der Waals surface area contributed by atoms with Crippen LogP contribution in [0.4, 0.5) is 5.69 Å². The van der Waals surface area contributed by atoms with Gasteiger partial charge in [-0.3, -0.25) is 4.79 Å². The van der Waals surface area contributed by atoms with Crippen LogP contribution < -0.4 is 11.1 Å². The summed E-state index contributed by atoms with van der Waals surface area (Å²) in [5, 5.41) is 2.56. The highest BCUT2D eigenvalue weighted by atomic mass is 32.2. The quantitative estimate of drug-likeness (QED) is 0.818. The minimum Gasteiger partial charge on any atom is -0.328 e. The van der Waals surface area contributed by atoms with Crippen LogP contribution in [0.25, 0.3) is 0 Å². The molecule has 1 aromatic rings. The highest BCUT2D eigenvalue weighted by molar-refractivity contribution is 7.92. The van der Waals surface area contributed by atoms with Crippen LogP contribution in [-0.2, 0) is 14.6 Å². The molecule has 0 aliphatic heterocycles. The molecule has 106 valence electrons. The largest absolute Gasteiger partial charge is 0.328 e. The zero-order chi connectivity index (χ0) is 14.5. The van der Waals surface area contributed by atoms with Gasteiger partial charge in [-0.15, -0.1) is 0 Å². The zero-order valence-electron chi connectivity index (χ0n) is 11.2. The lowest BCUT2D eigenvalue weighted by atomic mass is 10.2. The van der Waals surface area contributed by atoms with E-state index >= 15 is 0 Å². The van der Waals surface area contributed by atoms with Crippen LogP contribution in [0.1, 0.15) is 18.9 Å². The highest BCUT2D eigenvalue weighted by Gasteiger charge is 2.17. The Kier molecular flexibility index (Phi) is 5.50. The minimum atomic E-state index is -3.40. The van der Waals surface area contributed by atoms with E-state index < -0.39 is 21.5 Å². The molecule has 0 aliphatic carbocycles. The Morgan fingerprint density at radius 3 is 2.42 bits per heavy atom. The molecule has 0 saturated carbocycles. The van der Waals surface area contributed by atoms with Crippen molar-refractivity contribution in [1.82, 2.24) is 0 Å². The predicted octanol–water partition coefficient (Wildman–Crippen LogP) is 1.09. The summed E-state index contributed by atoms with van der Waals surface area (Å²) in [6, 6.07) is 6.99. The fourth-order valence-electron chi connectivity index (χ4n) is 1.47. The number of hydrogen-bond donors (Lipinski definition) is 2. The number of hydrogen-bond acceptors (Lipinski definition) is 4. The van der Waals surface area contributed by atoms with Crippen LogP contribution in [0.3, 0.4) is 0 Å². The van der Waals surface area contributed by atoms with Crippen molar-refractivity contribution >= 4 is 21.4 Å². The second kappa shape index (κ2) is 6.68. The number of benzene rings is 1. The van der Waals surface area contributed by atoms with Crippen LogP contribution >= 0.6 is 0 Å². The van der Waals surface area contributed by atoms with Gasteiger partial charge in [0.2, 0.25) is 5.91 Å². The fraction of sp³-hybridized carbons (Fsp3) is 0.462. The first-order valence-corrected chi connectivity index (χ1v) is 7.93. The smallest absolute Gasteiger partial charge is 0.239 e. The number of carbonyl (C=O) groups excluding carboxylic acids is 1. The third-order valence-corrected chi connectivity index (χ3v) is 4.13. The summed E-state index contributed by atoms with van der Waals surface area (Å²) in [5.74, 6) is -1.09. The molecule has 1 aromatic carbocycles. The second-order valence-electron chi connectivity index (χ2n) is 4.77. The van der Waals surface area contributed by atoms with Crippen molar-refractivity contribution in [2.24, 2.45) is 5.73 Å². The Balaban J connectivity index is 2.53. The van der Waals surface area contributed by atoms with E-state index in [0.717, 1.165) is 5.56 Å². The first kappa shape index (κ1) is 15.7. The van der Waals surface area contributed by atoms with Gasteiger partial charge in [-0.1, -0.05) is 17.7 Å². The van der Waals surface area contributed by atoms with Gasteiger partial charge >= 0.3 is 0 Å². The third kappa shape index (κ3) is 6.35. The van der Waals surface area contributed by atoms with Gasteiger partial charge in [0.05, 0.1) is 5.75 Å². The number of anilines is 1. The summed E-state index contributed by atoms with van der Waals surface area (Å²) in [6.07, 6.45) is 0.361. The summed E-state index contributed by atoms with van der Waals surface area (Å²) in [5.41, 5.74) is 7.17. The van der Waals surface area contributed by atoms with E-state index in [9.17, 15) is 13.2 Å². The summed E-state index contributed by atoms with van der Waals surface area (Å²) < 4.78 is 23.3. The Labute approximate surface area is 114 Å². The second-order valence-corrected chi connectivity index (χ2v) is 6.96. The number of nitrogens with one attached hydrogen (secondary N) is 1. The summed E-state index contributed by atoms with van der Waals surface area (Å²) in [6.45, 7) is 3.67. The molecule has 3 N–H and O–H groups in total. The van der Waals surface area contributed by atoms with Crippen LogP contribution in [0.2, 0.25) is 0 Å². The van der Waals surface area contributed by atoms with Gasteiger partial charge in [0.1, 0.15) is 5.75 Å². The van der Waals surface area contributed by atoms with E-state index in [1.807, 2.05) is 19.1 Å². The fourth-order valence-corrected chi connectivity index (χ4v) is 2.82. The summed E-state index contributed by atoms with van der Waals surface area (Å²) >= 11 is 0. The molecule has 0 bridgehead atoms. The van der Waals surface area contributed by atoms with Crippen LogP contribution in [-0.4, -0.2) is 31.9 Å². The molecule has 1 atom stereocenters. The van der Waals surface area contributed by atoms with E-state index in [0.29, 0.717) is 12.1 Å². The Morgan fingerprint density at radius 2 is 1.89 bits per heavy atom. The number of rotatable bonds is 6. The highest BCUT2D eigenvalue weighted by Crippen LogP contribution is 2.09. The van der Waals surface area contributed by atoms with Gasteiger partial charge < -0.3 is 11.1 Å². The van der Waals surface area contributed by atoms with Crippen molar-refractivity contribution in [1.29, 1.82) is 0 Å². The van der Waals surface area contributed by atoms with Crippen molar-refractivity contribution in [3.63, 3.8) is 0 Å². The molecule has 1 rings (SSSR count). The standard InChI is InChI=1S/C13H20N2O3S/c1-10-3-5-12(6-4-10)15-13(16)9-19(17,18)8-7-11(2)14/h3-6,11H,7-9,14H2,1-2H3,(H,15,16). The molecule has 0 fully saturated rings. The molecule has 5 nitrogen and oxygen atoms in total. The van der Waals surface area contributed by atoms with E-state index in [-0.39, 0.29) is 11.8 Å². The topological polar surface area (TPSA) is 89.3 Å². The third-order valence-electron chi connectivity index (χ3n) is 2.57. The zero-order valence-corrected chi connectivity index (χ0v) is 12.0. The molecule has 1 amide bonds. The molecule has 0 saturated heterocycles. The van der Waals surface area contributed by atoms with Crippen LogP contribution in [0, 0.1) is 6.92 Å². The molecule has 0 spiro atoms. The molecule has 6 heteroatoms. The number of carbonyl (C=O) groups is 1. The van der Waals surface area contributed by atoms with E-state index in [4.69, 9.17) is 5.73 Å². The first-order valence-electron chi connectivity index (χ1n) is 6.11. The number of amides is 1. The van der Waals surface area contributed by atoms with E-state index in [1.165, 1.54) is 0 Å². The maximum atomic E-state index is 11.7. The maximum Gasteiger partial charge on any atom is 0.239 e. The van der Waals surface area contributed by atoms with E-state index in [1.54, 1.807) is 19.1 Å². The molecule has 0 aromatic heterocycles. The number of aryl methyl sites for hydroxylation is 1. The van der Waals surface area contributed by atoms with Gasteiger partial charge in [0.15, 0.2) is 9.84 Å². The monoisotopic (exact) mass is 284 g/mol. The average molecular weight is 284 g/mol. The van der Waals surface area contributed by atoms with Crippen molar-refractivity contribution in [2.75, 3.05) is 16.8 Å². The Bertz CT molecular complexity index is 521. The lowest BCUT2D eigenvalue weighted by Crippen LogP contribution is -2.27. The first-order chi connectivity index (χ1) is 8.78. The van der Waals surface area contributed by atoms with Gasteiger partial charge in [0.25, 0.3) is 0 Å². The van der Waals surface area contributed by atoms with Gasteiger partial charge in [0, 0.05) is 11.7 Å². The SMILES string of the molecule is Cc1ccc(NC(=O)CS(=O)(=O)CCC(C)N)cc1. The lowest BCUT2D eigenvalue weighted by Gasteiger charge is -2.08. The van der Waals surface area contributed by atoms with E-state index in [2.05, 4.69) is 5.32 Å². The summed E-state index contributed by atoms with van der Waals surface area (Å²) in [4.78, 5) is 11.6. The van der Waals surface area contributed by atoms with Gasteiger partial charge in [-0.05, 0) is 32.4 Å². The average Bonchev–Trinajstić information content (AvgIpc) is 2.29. The molecule has 19 heavy (non-hydrogen) atoms.